The number of nitrogens with zero attached hydrogens (tertiary/aromatic N) is 3. The smallest absolute Gasteiger partial charge is 0.237 e. The van der Waals surface area contributed by atoms with Crippen LogP contribution < -0.4 is 0 Å². The van der Waals surface area contributed by atoms with Crippen molar-refractivity contribution in [3.8, 4) is 0 Å². The number of fused-ring (bicyclic) bond motifs is 3. The standard InChI is InChI=1S/C26H37N3O/c1-3-27(4-2)18-25(30)28-15-16-29-23-14-13-20(19-9-6-5-7-10-19)17-22(23)21-11-8-12-24(28)26(21)29/h13-14,17,19,24H,3-12,15-16,18H2,1-2H3/t24-/m0/s1. The van der Waals surface area contributed by atoms with Gasteiger partial charge in [0.25, 0.3) is 0 Å². The topological polar surface area (TPSA) is 28.5 Å². The zero-order valence-corrected chi connectivity index (χ0v) is 18.8. The van der Waals surface area contributed by atoms with E-state index in [2.05, 4.69) is 46.4 Å². The first-order chi connectivity index (χ1) is 14.7. The van der Waals surface area contributed by atoms with Gasteiger partial charge in [0.1, 0.15) is 0 Å². The molecule has 1 aromatic carbocycles. The summed E-state index contributed by atoms with van der Waals surface area (Å²) in [5.74, 6) is 1.06. The number of amides is 1. The van der Waals surface area contributed by atoms with Gasteiger partial charge < -0.3 is 9.47 Å². The van der Waals surface area contributed by atoms with Crippen LogP contribution in [0.2, 0.25) is 0 Å². The third-order valence-electron chi connectivity index (χ3n) is 8.05. The molecule has 4 heteroatoms. The van der Waals surface area contributed by atoms with Crippen molar-refractivity contribution < 1.29 is 4.79 Å². The van der Waals surface area contributed by atoms with E-state index in [4.69, 9.17) is 0 Å². The predicted octanol–water partition coefficient (Wildman–Crippen LogP) is 5.25. The highest BCUT2D eigenvalue weighted by atomic mass is 16.2. The van der Waals surface area contributed by atoms with Gasteiger partial charge in [0, 0.05) is 29.7 Å². The molecule has 1 saturated carbocycles. The Hall–Kier alpha value is -1.81. The number of benzene rings is 1. The fraction of sp³-hybridized carbons (Fsp3) is 0.654. The molecule has 1 fully saturated rings. The van der Waals surface area contributed by atoms with E-state index in [0.29, 0.717) is 12.5 Å². The Morgan fingerprint density at radius 2 is 1.83 bits per heavy atom. The average molecular weight is 408 g/mol. The maximum atomic E-state index is 13.2. The van der Waals surface area contributed by atoms with E-state index in [9.17, 15) is 4.79 Å². The van der Waals surface area contributed by atoms with Gasteiger partial charge in [-0.2, -0.15) is 0 Å². The Morgan fingerprint density at radius 3 is 2.60 bits per heavy atom. The van der Waals surface area contributed by atoms with Gasteiger partial charge >= 0.3 is 0 Å². The van der Waals surface area contributed by atoms with Crippen LogP contribution in [0.15, 0.2) is 18.2 Å². The third-order valence-corrected chi connectivity index (χ3v) is 8.05. The first-order valence-corrected chi connectivity index (χ1v) is 12.4. The van der Waals surface area contributed by atoms with Crippen LogP contribution in [0.5, 0.6) is 0 Å². The number of likely N-dealkylation sites (N-methyl/N-ethyl adjacent to an activating group) is 1. The molecule has 1 aliphatic heterocycles. The maximum Gasteiger partial charge on any atom is 0.237 e. The number of hydrogen-bond donors (Lipinski definition) is 0. The molecule has 0 saturated heterocycles. The lowest BCUT2D eigenvalue weighted by Gasteiger charge is -2.40. The van der Waals surface area contributed by atoms with Crippen molar-refractivity contribution in [3.05, 3.63) is 35.0 Å². The highest BCUT2D eigenvalue weighted by Crippen LogP contribution is 2.44. The molecule has 162 valence electrons. The van der Waals surface area contributed by atoms with Crippen LogP contribution in [-0.4, -0.2) is 46.5 Å². The highest BCUT2D eigenvalue weighted by molar-refractivity contribution is 5.88. The van der Waals surface area contributed by atoms with E-state index < -0.39 is 0 Å². The van der Waals surface area contributed by atoms with Gasteiger partial charge in [0.2, 0.25) is 5.91 Å². The second kappa shape index (κ2) is 8.37. The SMILES string of the molecule is CCN(CC)CC(=O)N1CCn2c3c(c4cc(C5CCCCC5)ccc42)CCC[C@@H]31. The molecule has 4 nitrogen and oxygen atoms in total. The zero-order valence-electron chi connectivity index (χ0n) is 18.8. The number of carbonyl (C=O) groups is 1. The number of rotatable bonds is 5. The molecule has 2 heterocycles. The molecule has 0 N–H and O–H groups in total. The monoisotopic (exact) mass is 407 g/mol. The van der Waals surface area contributed by atoms with Gasteiger partial charge in [-0.05, 0) is 74.4 Å². The largest absolute Gasteiger partial charge is 0.341 e. The lowest BCUT2D eigenvalue weighted by Crippen LogP contribution is -2.47. The Balaban J connectivity index is 1.49. The Bertz CT molecular complexity index is 920. The van der Waals surface area contributed by atoms with Crippen LogP contribution in [0.3, 0.4) is 0 Å². The molecule has 1 atom stereocenters. The Labute approximate surface area is 181 Å². The summed E-state index contributed by atoms with van der Waals surface area (Å²) in [5.41, 5.74) is 5.95. The van der Waals surface area contributed by atoms with E-state index in [1.54, 1.807) is 11.1 Å². The first-order valence-electron chi connectivity index (χ1n) is 12.4. The quantitative estimate of drug-likeness (QED) is 0.677. The van der Waals surface area contributed by atoms with Gasteiger partial charge in [0.15, 0.2) is 0 Å². The lowest BCUT2D eigenvalue weighted by molar-refractivity contribution is -0.136. The van der Waals surface area contributed by atoms with Gasteiger partial charge in [-0.3, -0.25) is 9.69 Å². The second-order valence-corrected chi connectivity index (χ2v) is 9.58. The zero-order chi connectivity index (χ0) is 20.7. The molecule has 3 aliphatic rings. The van der Waals surface area contributed by atoms with Crippen molar-refractivity contribution in [2.24, 2.45) is 0 Å². The number of carbonyl (C=O) groups excluding carboxylic acids is 1. The molecule has 0 bridgehead atoms. The van der Waals surface area contributed by atoms with Gasteiger partial charge in [-0.1, -0.05) is 39.2 Å². The van der Waals surface area contributed by atoms with Crippen molar-refractivity contribution in [1.82, 2.24) is 14.4 Å². The highest BCUT2D eigenvalue weighted by Gasteiger charge is 2.37. The molecule has 0 spiro atoms. The number of hydrogen-bond acceptors (Lipinski definition) is 2. The molecular weight excluding hydrogens is 370 g/mol. The van der Waals surface area contributed by atoms with Gasteiger partial charge in [0.05, 0.1) is 12.6 Å². The molecule has 1 amide bonds. The fourth-order valence-electron chi connectivity index (χ4n) is 6.34. The van der Waals surface area contributed by atoms with Crippen LogP contribution in [0.4, 0.5) is 0 Å². The van der Waals surface area contributed by atoms with Crippen LogP contribution in [0.25, 0.3) is 10.9 Å². The van der Waals surface area contributed by atoms with E-state index in [-0.39, 0.29) is 6.04 Å². The van der Waals surface area contributed by atoms with E-state index in [1.807, 2.05) is 0 Å². The van der Waals surface area contributed by atoms with E-state index in [1.165, 1.54) is 61.5 Å². The summed E-state index contributed by atoms with van der Waals surface area (Å²) in [5, 5.41) is 1.48. The minimum absolute atomic E-state index is 0.274. The third kappa shape index (κ3) is 3.37. The van der Waals surface area contributed by atoms with E-state index >= 15 is 0 Å². The lowest BCUT2D eigenvalue weighted by atomic mass is 9.83. The summed E-state index contributed by atoms with van der Waals surface area (Å²) in [7, 11) is 0. The Kier molecular flexibility index (Phi) is 5.61. The molecule has 0 unspecified atom stereocenters. The summed E-state index contributed by atoms with van der Waals surface area (Å²) < 4.78 is 2.56. The molecular formula is C26H37N3O. The van der Waals surface area contributed by atoms with Crippen LogP contribution in [-0.2, 0) is 17.8 Å². The predicted molar refractivity (Wildman–Crippen MR) is 123 cm³/mol. The molecule has 5 rings (SSSR count). The Morgan fingerprint density at radius 1 is 1.03 bits per heavy atom. The number of aromatic nitrogens is 1. The normalized spacial score (nSPS) is 22.0. The van der Waals surface area contributed by atoms with Gasteiger partial charge in [-0.25, -0.2) is 0 Å². The molecule has 1 aromatic heterocycles. The minimum Gasteiger partial charge on any atom is -0.341 e. The molecule has 30 heavy (non-hydrogen) atoms. The van der Waals surface area contributed by atoms with Crippen molar-refractivity contribution in [3.63, 3.8) is 0 Å². The van der Waals surface area contributed by atoms with Crippen molar-refractivity contribution in [2.75, 3.05) is 26.2 Å². The van der Waals surface area contributed by atoms with Crippen molar-refractivity contribution in [2.45, 2.75) is 83.7 Å². The summed E-state index contributed by atoms with van der Waals surface area (Å²) in [6.07, 6.45) is 10.4. The van der Waals surface area contributed by atoms with Crippen LogP contribution >= 0.6 is 0 Å². The minimum atomic E-state index is 0.274. The van der Waals surface area contributed by atoms with E-state index in [0.717, 1.165) is 38.5 Å². The summed E-state index contributed by atoms with van der Waals surface area (Å²) in [6.45, 7) is 8.53. The molecule has 0 radical (unpaired) electrons. The van der Waals surface area contributed by atoms with Crippen LogP contribution in [0.1, 0.15) is 87.6 Å². The van der Waals surface area contributed by atoms with Gasteiger partial charge in [-0.15, -0.1) is 0 Å². The average Bonchev–Trinajstić information content (AvgIpc) is 3.13. The van der Waals surface area contributed by atoms with Crippen LogP contribution in [0, 0.1) is 0 Å². The number of aryl methyl sites for hydroxylation is 1. The second-order valence-electron chi connectivity index (χ2n) is 9.58. The first kappa shape index (κ1) is 20.1. The molecule has 2 aliphatic carbocycles. The summed E-state index contributed by atoms with van der Waals surface area (Å²) >= 11 is 0. The van der Waals surface area contributed by atoms with Crippen molar-refractivity contribution in [1.29, 1.82) is 0 Å². The summed E-state index contributed by atoms with van der Waals surface area (Å²) in [4.78, 5) is 17.6. The maximum absolute atomic E-state index is 13.2. The van der Waals surface area contributed by atoms with Crippen molar-refractivity contribution >= 4 is 16.8 Å². The summed E-state index contributed by atoms with van der Waals surface area (Å²) in [6, 6.07) is 7.59. The molecule has 2 aromatic rings. The fourth-order valence-corrected chi connectivity index (χ4v) is 6.34.